The first-order chi connectivity index (χ1) is 8.61. The Hall–Kier alpha value is -1.26. The summed E-state index contributed by atoms with van der Waals surface area (Å²) in [7, 11) is 4.00. The SMILES string of the molecule is CN(C)C1CN(c2ccc(Cl)cc2)CC/C1=N/O. The van der Waals surface area contributed by atoms with Gasteiger partial charge >= 0.3 is 0 Å². The Kier molecular flexibility index (Phi) is 4.09. The van der Waals surface area contributed by atoms with Crippen molar-refractivity contribution in [1.82, 2.24) is 4.90 Å². The minimum absolute atomic E-state index is 0.152. The largest absolute Gasteiger partial charge is 0.411 e. The molecule has 1 aromatic rings. The van der Waals surface area contributed by atoms with Gasteiger partial charge in [0.15, 0.2) is 0 Å². The molecule has 0 saturated carbocycles. The first-order valence-electron chi connectivity index (χ1n) is 5.99. The van der Waals surface area contributed by atoms with Crippen LogP contribution >= 0.6 is 11.6 Å². The van der Waals surface area contributed by atoms with Crippen molar-refractivity contribution in [3.63, 3.8) is 0 Å². The van der Waals surface area contributed by atoms with Gasteiger partial charge in [0.05, 0.1) is 11.8 Å². The molecule has 0 amide bonds. The predicted octanol–water partition coefficient (Wildman–Crippen LogP) is 2.31. The summed E-state index contributed by atoms with van der Waals surface area (Å²) in [6.07, 6.45) is 0.780. The van der Waals surface area contributed by atoms with Crippen LogP contribution in [0.4, 0.5) is 5.69 Å². The fourth-order valence-corrected chi connectivity index (χ4v) is 2.41. The molecule has 1 aromatic carbocycles. The highest BCUT2D eigenvalue weighted by Gasteiger charge is 2.27. The highest BCUT2D eigenvalue weighted by Crippen LogP contribution is 2.22. The van der Waals surface area contributed by atoms with Crippen molar-refractivity contribution in [3.05, 3.63) is 29.3 Å². The summed E-state index contributed by atoms with van der Waals surface area (Å²) in [5.74, 6) is 0. The normalized spacial score (nSPS) is 22.8. The number of anilines is 1. The van der Waals surface area contributed by atoms with E-state index in [0.29, 0.717) is 0 Å². The van der Waals surface area contributed by atoms with E-state index < -0.39 is 0 Å². The predicted molar refractivity (Wildman–Crippen MR) is 75.0 cm³/mol. The average molecular weight is 268 g/mol. The summed E-state index contributed by atoms with van der Waals surface area (Å²) in [6.45, 7) is 1.69. The van der Waals surface area contributed by atoms with E-state index in [1.165, 1.54) is 0 Å². The smallest absolute Gasteiger partial charge is 0.0777 e. The van der Waals surface area contributed by atoms with E-state index in [0.717, 1.165) is 35.9 Å². The van der Waals surface area contributed by atoms with E-state index in [2.05, 4.69) is 15.0 Å². The number of nitrogens with zero attached hydrogens (tertiary/aromatic N) is 3. The molecule has 0 aromatic heterocycles. The molecule has 1 N–H and O–H groups in total. The van der Waals surface area contributed by atoms with Crippen LogP contribution in [0.25, 0.3) is 0 Å². The maximum Gasteiger partial charge on any atom is 0.0777 e. The van der Waals surface area contributed by atoms with E-state index in [4.69, 9.17) is 16.8 Å². The van der Waals surface area contributed by atoms with Crippen molar-refractivity contribution in [3.8, 4) is 0 Å². The third-order valence-electron chi connectivity index (χ3n) is 3.36. The third kappa shape index (κ3) is 2.76. The van der Waals surface area contributed by atoms with Gasteiger partial charge in [0.25, 0.3) is 0 Å². The molecule has 0 spiro atoms. The summed E-state index contributed by atoms with van der Waals surface area (Å²) in [4.78, 5) is 4.37. The molecule has 1 aliphatic rings. The maximum absolute atomic E-state index is 9.03. The third-order valence-corrected chi connectivity index (χ3v) is 3.61. The number of piperidine rings is 1. The van der Waals surface area contributed by atoms with Crippen molar-refractivity contribution < 1.29 is 5.21 Å². The Bertz CT molecular complexity index is 430. The van der Waals surface area contributed by atoms with E-state index in [-0.39, 0.29) is 6.04 Å². The van der Waals surface area contributed by atoms with E-state index in [1.807, 2.05) is 38.4 Å². The monoisotopic (exact) mass is 267 g/mol. The second-order valence-electron chi connectivity index (χ2n) is 4.74. The van der Waals surface area contributed by atoms with Crippen molar-refractivity contribution in [1.29, 1.82) is 0 Å². The lowest BCUT2D eigenvalue weighted by molar-refractivity contribution is 0.294. The molecule has 0 radical (unpaired) electrons. The molecule has 1 fully saturated rings. The molecule has 1 saturated heterocycles. The number of likely N-dealkylation sites (N-methyl/N-ethyl adjacent to an activating group) is 1. The van der Waals surface area contributed by atoms with Gasteiger partial charge in [-0.05, 0) is 38.4 Å². The van der Waals surface area contributed by atoms with Crippen molar-refractivity contribution in [2.24, 2.45) is 5.16 Å². The van der Waals surface area contributed by atoms with Crippen molar-refractivity contribution >= 4 is 23.0 Å². The molecule has 1 unspecified atom stereocenters. The van der Waals surface area contributed by atoms with Crippen LogP contribution in [0.3, 0.4) is 0 Å². The highest BCUT2D eigenvalue weighted by molar-refractivity contribution is 6.30. The molecule has 0 aliphatic carbocycles. The molecular formula is C13H18ClN3O. The molecule has 1 aliphatic heterocycles. The number of benzene rings is 1. The number of hydrogen-bond donors (Lipinski definition) is 1. The number of halogens is 1. The lowest BCUT2D eigenvalue weighted by Gasteiger charge is -2.37. The first-order valence-corrected chi connectivity index (χ1v) is 6.37. The maximum atomic E-state index is 9.03. The minimum atomic E-state index is 0.152. The van der Waals surface area contributed by atoms with Crippen LogP contribution in [0.1, 0.15) is 6.42 Å². The van der Waals surface area contributed by atoms with E-state index >= 15 is 0 Å². The van der Waals surface area contributed by atoms with Crippen LogP contribution in [-0.4, -0.2) is 49.0 Å². The molecule has 2 rings (SSSR count). The van der Waals surface area contributed by atoms with Gasteiger partial charge in [-0.25, -0.2) is 0 Å². The van der Waals surface area contributed by atoms with Crippen LogP contribution in [0.15, 0.2) is 29.4 Å². The van der Waals surface area contributed by atoms with Crippen LogP contribution in [0, 0.1) is 0 Å². The molecule has 98 valence electrons. The first kappa shape index (κ1) is 13.2. The molecule has 1 atom stereocenters. The van der Waals surface area contributed by atoms with Gasteiger partial charge < -0.3 is 10.1 Å². The number of oxime groups is 1. The second kappa shape index (κ2) is 5.59. The zero-order chi connectivity index (χ0) is 13.1. The zero-order valence-corrected chi connectivity index (χ0v) is 11.4. The summed E-state index contributed by atoms with van der Waals surface area (Å²) >= 11 is 5.90. The number of hydrogen-bond acceptors (Lipinski definition) is 4. The second-order valence-corrected chi connectivity index (χ2v) is 5.18. The average Bonchev–Trinajstić information content (AvgIpc) is 2.39. The van der Waals surface area contributed by atoms with Crippen molar-refractivity contribution in [2.45, 2.75) is 12.5 Å². The highest BCUT2D eigenvalue weighted by atomic mass is 35.5. The number of rotatable bonds is 2. The Morgan fingerprint density at radius 2 is 2.00 bits per heavy atom. The van der Waals surface area contributed by atoms with Gasteiger partial charge in [-0.3, -0.25) is 4.90 Å². The standard InChI is InChI=1S/C13H18ClN3O/c1-16(2)13-9-17(8-7-12(13)15-18)11-5-3-10(14)4-6-11/h3-6,13,18H,7-9H2,1-2H3/b15-12-. The van der Waals surface area contributed by atoms with E-state index in [9.17, 15) is 0 Å². The van der Waals surface area contributed by atoms with E-state index in [1.54, 1.807) is 0 Å². The summed E-state index contributed by atoms with van der Waals surface area (Å²) < 4.78 is 0. The molecule has 5 heteroatoms. The molecule has 0 bridgehead atoms. The van der Waals surface area contributed by atoms with Gasteiger partial charge in [-0.15, -0.1) is 0 Å². The fraction of sp³-hybridized carbons (Fsp3) is 0.462. The fourth-order valence-electron chi connectivity index (χ4n) is 2.29. The van der Waals surface area contributed by atoms with Crippen molar-refractivity contribution in [2.75, 3.05) is 32.1 Å². The minimum Gasteiger partial charge on any atom is -0.411 e. The lowest BCUT2D eigenvalue weighted by atomic mass is 10.0. The quantitative estimate of drug-likeness (QED) is 0.660. The zero-order valence-electron chi connectivity index (χ0n) is 10.7. The van der Waals surface area contributed by atoms with Gasteiger partial charge in [-0.2, -0.15) is 0 Å². The van der Waals surface area contributed by atoms with Gasteiger partial charge in [0.1, 0.15) is 0 Å². The molecule has 1 heterocycles. The van der Waals surface area contributed by atoms with Crippen LogP contribution in [0.5, 0.6) is 0 Å². The summed E-state index contributed by atoms with van der Waals surface area (Å²) in [5.41, 5.74) is 2.01. The Balaban J connectivity index is 2.15. The topological polar surface area (TPSA) is 39.1 Å². The lowest BCUT2D eigenvalue weighted by Crippen LogP contribution is -2.51. The van der Waals surface area contributed by atoms with Gasteiger partial charge in [0.2, 0.25) is 0 Å². The Labute approximate surface area is 112 Å². The summed E-state index contributed by atoms with van der Waals surface area (Å²) in [5, 5.41) is 13.2. The Morgan fingerprint density at radius 1 is 1.33 bits per heavy atom. The van der Waals surface area contributed by atoms with Crippen LogP contribution in [0.2, 0.25) is 5.02 Å². The molecule has 18 heavy (non-hydrogen) atoms. The van der Waals surface area contributed by atoms with Gasteiger partial charge in [0, 0.05) is 30.2 Å². The summed E-state index contributed by atoms with van der Waals surface area (Å²) in [6, 6.07) is 8.00. The molecular weight excluding hydrogens is 250 g/mol. The van der Waals surface area contributed by atoms with Gasteiger partial charge in [-0.1, -0.05) is 16.8 Å². The van der Waals surface area contributed by atoms with Crippen LogP contribution < -0.4 is 4.90 Å². The Morgan fingerprint density at radius 3 is 2.56 bits per heavy atom. The molecule has 4 nitrogen and oxygen atoms in total. The van der Waals surface area contributed by atoms with Crippen LogP contribution in [-0.2, 0) is 0 Å².